The van der Waals surface area contributed by atoms with Crippen molar-refractivity contribution in [2.45, 2.75) is 44.6 Å². The van der Waals surface area contributed by atoms with Crippen molar-refractivity contribution in [2.24, 2.45) is 5.73 Å². The molecule has 0 amide bonds. The molecule has 0 spiro atoms. The van der Waals surface area contributed by atoms with Gasteiger partial charge < -0.3 is 15.7 Å². The van der Waals surface area contributed by atoms with E-state index >= 15 is 0 Å². The Morgan fingerprint density at radius 1 is 1.21 bits per heavy atom. The second-order valence-electron chi connectivity index (χ2n) is 4.34. The van der Waals surface area contributed by atoms with E-state index < -0.39 is 0 Å². The average molecular weight is 200 g/mol. The van der Waals surface area contributed by atoms with Crippen molar-refractivity contribution >= 4 is 0 Å². The Bertz CT molecular complexity index is 141. The third kappa shape index (κ3) is 4.94. The fourth-order valence-electron chi connectivity index (χ4n) is 2.10. The first-order valence-electron chi connectivity index (χ1n) is 5.91. The normalized spacial score (nSPS) is 24.0. The first kappa shape index (κ1) is 12.0. The monoisotopic (exact) mass is 200 g/mol. The van der Waals surface area contributed by atoms with E-state index in [9.17, 15) is 0 Å². The van der Waals surface area contributed by atoms with Crippen LogP contribution in [0.1, 0.15) is 38.5 Å². The largest absolute Gasteiger partial charge is 0.396 e. The van der Waals surface area contributed by atoms with Crippen LogP contribution in [0.25, 0.3) is 0 Å². The van der Waals surface area contributed by atoms with E-state index in [1.807, 2.05) is 0 Å². The van der Waals surface area contributed by atoms with E-state index in [0.29, 0.717) is 12.6 Å². The molecule has 1 aliphatic rings. The number of hydrogen-bond donors (Lipinski definition) is 2. The zero-order chi connectivity index (χ0) is 10.2. The number of unbranched alkanes of at least 4 members (excludes halogenated alkanes) is 3. The molecular formula is C11H24N2O. The highest BCUT2D eigenvalue weighted by Crippen LogP contribution is 2.09. The van der Waals surface area contributed by atoms with Gasteiger partial charge in [-0.05, 0) is 38.8 Å². The number of aliphatic hydroxyl groups is 1. The lowest BCUT2D eigenvalue weighted by Crippen LogP contribution is -2.43. The summed E-state index contributed by atoms with van der Waals surface area (Å²) in [6.07, 6.45) is 7.08. The van der Waals surface area contributed by atoms with Crippen molar-refractivity contribution in [2.75, 3.05) is 26.2 Å². The molecule has 0 aromatic heterocycles. The van der Waals surface area contributed by atoms with Crippen molar-refractivity contribution in [3.63, 3.8) is 0 Å². The van der Waals surface area contributed by atoms with Crippen LogP contribution in [0, 0.1) is 0 Å². The van der Waals surface area contributed by atoms with Crippen molar-refractivity contribution < 1.29 is 5.11 Å². The lowest BCUT2D eigenvalue weighted by atomic mass is 10.1. The summed E-state index contributed by atoms with van der Waals surface area (Å²) in [7, 11) is 0. The highest BCUT2D eigenvalue weighted by molar-refractivity contribution is 4.74. The summed E-state index contributed by atoms with van der Waals surface area (Å²) >= 11 is 0. The fourth-order valence-corrected chi connectivity index (χ4v) is 2.10. The summed E-state index contributed by atoms with van der Waals surface area (Å²) in [5, 5.41) is 8.62. The summed E-state index contributed by atoms with van der Waals surface area (Å²) in [4.78, 5) is 2.48. The van der Waals surface area contributed by atoms with Crippen LogP contribution in [0.5, 0.6) is 0 Å². The molecule has 0 aromatic rings. The fraction of sp³-hybridized carbons (Fsp3) is 1.00. The van der Waals surface area contributed by atoms with Gasteiger partial charge in [-0.15, -0.1) is 0 Å². The first-order valence-corrected chi connectivity index (χ1v) is 5.91. The van der Waals surface area contributed by atoms with E-state index in [-0.39, 0.29) is 0 Å². The quantitative estimate of drug-likeness (QED) is 0.628. The molecule has 1 fully saturated rings. The van der Waals surface area contributed by atoms with Gasteiger partial charge in [0, 0.05) is 19.2 Å². The van der Waals surface area contributed by atoms with Crippen LogP contribution in [0.2, 0.25) is 0 Å². The highest BCUT2D eigenvalue weighted by Gasteiger charge is 2.15. The minimum Gasteiger partial charge on any atom is -0.396 e. The number of rotatable bonds is 6. The van der Waals surface area contributed by atoms with E-state index in [0.717, 1.165) is 19.4 Å². The highest BCUT2D eigenvalue weighted by atomic mass is 16.2. The second-order valence-corrected chi connectivity index (χ2v) is 4.34. The van der Waals surface area contributed by atoms with Gasteiger partial charge in [0.05, 0.1) is 0 Å². The van der Waals surface area contributed by atoms with Crippen molar-refractivity contribution in [1.82, 2.24) is 4.90 Å². The van der Waals surface area contributed by atoms with Crippen LogP contribution in [0.3, 0.4) is 0 Å². The van der Waals surface area contributed by atoms with Gasteiger partial charge in [-0.1, -0.05) is 12.8 Å². The molecule has 84 valence electrons. The smallest absolute Gasteiger partial charge is 0.0431 e. The Morgan fingerprint density at radius 3 is 2.71 bits per heavy atom. The minimum absolute atomic E-state index is 0.342. The zero-order valence-corrected chi connectivity index (χ0v) is 9.12. The van der Waals surface area contributed by atoms with Gasteiger partial charge >= 0.3 is 0 Å². The van der Waals surface area contributed by atoms with Gasteiger partial charge in [-0.25, -0.2) is 0 Å². The summed E-state index contributed by atoms with van der Waals surface area (Å²) in [5.41, 5.74) is 5.90. The molecule has 1 rings (SSSR count). The van der Waals surface area contributed by atoms with E-state index in [1.54, 1.807) is 0 Å². The van der Waals surface area contributed by atoms with Crippen LogP contribution >= 0.6 is 0 Å². The van der Waals surface area contributed by atoms with Gasteiger partial charge in [-0.3, -0.25) is 0 Å². The molecule has 14 heavy (non-hydrogen) atoms. The summed E-state index contributed by atoms with van der Waals surface area (Å²) in [6, 6.07) is 0.404. The molecule has 1 saturated heterocycles. The number of nitrogens with zero attached hydrogens (tertiary/aromatic N) is 1. The van der Waals surface area contributed by atoms with Gasteiger partial charge in [-0.2, -0.15) is 0 Å². The molecule has 0 aliphatic carbocycles. The number of nitrogens with two attached hydrogens (primary N) is 1. The molecule has 1 aliphatic heterocycles. The second kappa shape index (κ2) is 7.21. The molecule has 0 radical (unpaired) electrons. The van der Waals surface area contributed by atoms with Crippen LogP contribution in [0.15, 0.2) is 0 Å². The molecule has 3 nitrogen and oxygen atoms in total. The van der Waals surface area contributed by atoms with Gasteiger partial charge in [0.25, 0.3) is 0 Å². The van der Waals surface area contributed by atoms with Crippen molar-refractivity contribution in [3.8, 4) is 0 Å². The van der Waals surface area contributed by atoms with Gasteiger partial charge in [0.1, 0.15) is 0 Å². The maximum atomic E-state index is 8.62. The van der Waals surface area contributed by atoms with Crippen molar-refractivity contribution in [1.29, 1.82) is 0 Å². The van der Waals surface area contributed by atoms with Gasteiger partial charge in [0.15, 0.2) is 0 Å². The average Bonchev–Trinajstić information content (AvgIpc) is 2.18. The Labute approximate surface area is 87.3 Å². The maximum Gasteiger partial charge on any atom is 0.0431 e. The Balaban J connectivity index is 1.95. The topological polar surface area (TPSA) is 49.5 Å². The molecule has 0 bridgehead atoms. The number of hydrogen-bond acceptors (Lipinski definition) is 3. The lowest BCUT2D eigenvalue weighted by molar-refractivity contribution is 0.204. The summed E-state index contributed by atoms with van der Waals surface area (Å²) < 4.78 is 0. The molecule has 0 aromatic carbocycles. The third-order valence-corrected chi connectivity index (χ3v) is 2.92. The van der Waals surface area contributed by atoms with Crippen LogP contribution in [-0.4, -0.2) is 42.3 Å². The predicted molar refractivity (Wildman–Crippen MR) is 59.2 cm³/mol. The predicted octanol–water partition coefficient (Wildman–Crippen LogP) is 0.962. The number of piperidine rings is 1. The van der Waals surface area contributed by atoms with E-state index in [1.165, 1.54) is 38.8 Å². The van der Waals surface area contributed by atoms with E-state index in [4.69, 9.17) is 10.8 Å². The van der Waals surface area contributed by atoms with Crippen LogP contribution in [-0.2, 0) is 0 Å². The molecular weight excluding hydrogens is 176 g/mol. The molecule has 1 heterocycles. The first-order chi connectivity index (χ1) is 6.83. The SMILES string of the molecule is N[C@@H]1CCCN(CCCCCCO)C1. The standard InChI is InChI=1S/C11H24N2O/c12-11-6-5-8-13(10-11)7-3-1-2-4-9-14/h11,14H,1-10,12H2/t11-/m1/s1. The maximum absolute atomic E-state index is 8.62. The van der Waals surface area contributed by atoms with Crippen LogP contribution < -0.4 is 5.73 Å². The molecule has 0 saturated carbocycles. The lowest BCUT2D eigenvalue weighted by Gasteiger charge is -2.30. The molecule has 3 N–H and O–H groups in total. The third-order valence-electron chi connectivity index (χ3n) is 2.92. The van der Waals surface area contributed by atoms with Crippen LogP contribution in [0.4, 0.5) is 0 Å². The Kier molecular flexibility index (Phi) is 6.15. The number of likely N-dealkylation sites (tertiary alicyclic amines) is 1. The summed E-state index contributed by atoms with van der Waals surface area (Å²) in [5.74, 6) is 0. The molecule has 0 unspecified atom stereocenters. The minimum atomic E-state index is 0.342. The van der Waals surface area contributed by atoms with Gasteiger partial charge in [0.2, 0.25) is 0 Å². The summed E-state index contributed by atoms with van der Waals surface area (Å²) in [6.45, 7) is 3.85. The van der Waals surface area contributed by atoms with Crippen molar-refractivity contribution in [3.05, 3.63) is 0 Å². The van der Waals surface area contributed by atoms with E-state index in [2.05, 4.69) is 4.90 Å². The number of aliphatic hydroxyl groups excluding tert-OH is 1. The molecule has 3 heteroatoms. The Hall–Kier alpha value is -0.120. The Morgan fingerprint density at radius 2 is 2.00 bits per heavy atom. The zero-order valence-electron chi connectivity index (χ0n) is 9.12. The molecule has 1 atom stereocenters.